The van der Waals surface area contributed by atoms with Crippen molar-refractivity contribution >= 4 is 11.9 Å². The highest BCUT2D eigenvalue weighted by molar-refractivity contribution is 5.83. The molecule has 0 unspecified atom stereocenters. The van der Waals surface area contributed by atoms with Crippen LogP contribution >= 0.6 is 0 Å². The van der Waals surface area contributed by atoms with E-state index < -0.39 is 12.0 Å². The van der Waals surface area contributed by atoms with Crippen LogP contribution in [0.3, 0.4) is 0 Å². The average Bonchev–Trinajstić information content (AvgIpc) is 2.37. The molecule has 1 rings (SSSR count). The number of hydrogen-bond acceptors (Lipinski definition) is 5. The summed E-state index contributed by atoms with van der Waals surface area (Å²) in [5.74, 6) is -0.908. The molecule has 0 aromatic heterocycles. The Morgan fingerprint density at radius 2 is 2.05 bits per heavy atom. The van der Waals surface area contributed by atoms with Crippen LogP contribution in [-0.2, 0) is 20.7 Å². The van der Waals surface area contributed by atoms with Crippen molar-refractivity contribution in [3.8, 4) is 11.8 Å². The first-order chi connectivity index (χ1) is 9.02. The molecule has 0 aliphatic carbocycles. The van der Waals surface area contributed by atoms with Gasteiger partial charge in [-0.2, -0.15) is 5.26 Å². The summed E-state index contributed by atoms with van der Waals surface area (Å²) in [6.45, 7) is 0.936. The molecular formula is C13H14N2O4. The van der Waals surface area contributed by atoms with Crippen LogP contribution < -0.4 is 5.32 Å². The molecule has 0 spiro atoms. The summed E-state index contributed by atoms with van der Waals surface area (Å²) in [6.07, 6.45) is 0.226. The smallest absolute Gasteiger partial charge is 0.330 e. The van der Waals surface area contributed by atoms with E-state index in [9.17, 15) is 9.59 Å². The Morgan fingerprint density at radius 3 is 2.58 bits per heavy atom. The minimum Gasteiger partial charge on any atom is -0.508 e. The number of aromatic hydroxyl groups is 1. The number of rotatable bonds is 5. The average molecular weight is 262 g/mol. The third-order valence-electron chi connectivity index (χ3n) is 2.32. The SMILES string of the molecule is CC(=O)N[C@@H](Cc1ccc(O)cc1)C(=O)OCC#N. The lowest BCUT2D eigenvalue weighted by atomic mass is 10.1. The van der Waals surface area contributed by atoms with Gasteiger partial charge in [0, 0.05) is 13.3 Å². The zero-order valence-corrected chi connectivity index (χ0v) is 10.4. The first kappa shape index (κ1) is 14.5. The number of nitriles is 1. The lowest BCUT2D eigenvalue weighted by Gasteiger charge is -2.15. The third-order valence-corrected chi connectivity index (χ3v) is 2.32. The number of ether oxygens (including phenoxy) is 1. The second kappa shape index (κ2) is 7.01. The van der Waals surface area contributed by atoms with E-state index in [1.54, 1.807) is 18.2 Å². The molecule has 0 aliphatic rings. The third kappa shape index (κ3) is 5.08. The van der Waals surface area contributed by atoms with Gasteiger partial charge in [0.25, 0.3) is 0 Å². The van der Waals surface area contributed by atoms with Gasteiger partial charge < -0.3 is 15.2 Å². The second-order valence-corrected chi connectivity index (χ2v) is 3.89. The number of amides is 1. The maximum absolute atomic E-state index is 11.7. The van der Waals surface area contributed by atoms with Crippen molar-refractivity contribution in [1.82, 2.24) is 5.32 Å². The van der Waals surface area contributed by atoms with E-state index in [1.807, 2.05) is 0 Å². The molecule has 2 N–H and O–H groups in total. The normalized spacial score (nSPS) is 11.2. The van der Waals surface area contributed by atoms with E-state index in [4.69, 9.17) is 10.4 Å². The fourth-order valence-corrected chi connectivity index (χ4v) is 1.51. The standard InChI is InChI=1S/C13H14N2O4/c1-9(16)15-12(13(18)19-7-6-14)8-10-2-4-11(17)5-3-10/h2-5,12,17H,7-8H2,1H3,(H,15,16)/t12-/m0/s1. The molecule has 0 saturated carbocycles. The number of carbonyl (C=O) groups is 2. The van der Waals surface area contributed by atoms with Crippen molar-refractivity contribution in [2.24, 2.45) is 0 Å². The summed E-state index contributed by atoms with van der Waals surface area (Å²) in [5, 5.41) is 20.0. The Morgan fingerprint density at radius 1 is 1.42 bits per heavy atom. The van der Waals surface area contributed by atoms with Crippen molar-refractivity contribution in [2.75, 3.05) is 6.61 Å². The zero-order chi connectivity index (χ0) is 14.3. The molecule has 1 amide bonds. The van der Waals surface area contributed by atoms with Crippen molar-refractivity contribution < 1.29 is 19.4 Å². The van der Waals surface area contributed by atoms with Gasteiger partial charge in [-0.15, -0.1) is 0 Å². The Kier molecular flexibility index (Phi) is 5.35. The molecule has 19 heavy (non-hydrogen) atoms. The number of hydrogen-bond donors (Lipinski definition) is 2. The van der Waals surface area contributed by atoms with Gasteiger partial charge in [0.1, 0.15) is 17.9 Å². The monoisotopic (exact) mass is 262 g/mol. The molecule has 0 bridgehead atoms. The predicted octanol–water partition coefficient (Wildman–Crippen LogP) is 0.506. The van der Waals surface area contributed by atoms with Gasteiger partial charge in [-0.3, -0.25) is 4.79 Å². The van der Waals surface area contributed by atoms with Crippen LogP contribution in [0.2, 0.25) is 0 Å². The Balaban J connectivity index is 2.74. The number of phenols is 1. The molecule has 1 aromatic rings. The van der Waals surface area contributed by atoms with Crippen LogP contribution in [0.4, 0.5) is 0 Å². The Labute approximate surface area is 110 Å². The topological polar surface area (TPSA) is 99.4 Å². The fraction of sp³-hybridized carbons (Fsp3) is 0.308. The zero-order valence-electron chi connectivity index (χ0n) is 10.4. The van der Waals surface area contributed by atoms with E-state index in [0.29, 0.717) is 0 Å². The Hall–Kier alpha value is -2.55. The molecule has 6 nitrogen and oxygen atoms in total. The minimum absolute atomic E-state index is 0.117. The van der Waals surface area contributed by atoms with Crippen LogP contribution in [0.1, 0.15) is 12.5 Å². The molecule has 100 valence electrons. The highest BCUT2D eigenvalue weighted by Gasteiger charge is 2.21. The van der Waals surface area contributed by atoms with E-state index in [2.05, 4.69) is 10.1 Å². The number of esters is 1. The molecule has 6 heteroatoms. The number of benzene rings is 1. The number of nitrogens with one attached hydrogen (secondary N) is 1. The maximum atomic E-state index is 11.7. The van der Waals surface area contributed by atoms with Gasteiger partial charge in [0.05, 0.1) is 0 Å². The highest BCUT2D eigenvalue weighted by atomic mass is 16.5. The van der Waals surface area contributed by atoms with Crippen molar-refractivity contribution in [3.63, 3.8) is 0 Å². The molecular weight excluding hydrogens is 248 g/mol. The number of phenolic OH excluding ortho intramolecular Hbond substituents is 1. The van der Waals surface area contributed by atoms with Crippen LogP contribution in [0.25, 0.3) is 0 Å². The van der Waals surface area contributed by atoms with Crippen molar-refractivity contribution in [2.45, 2.75) is 19.4 Å². The quantitative estimate of drug-likeness (QED) is 0.753. The highest BCUT2D eigenvalue weighted by Crippen LogP contribution is 2.11. The first-order valence-corrected chi connectivity index (χ1v) is 5.61. The van der Waals surface area contributed by atoms with Crippen molar-refractivity contribution in [3.05, 3.63) is 29.8 Å². The first-order valence-electron chi connectivity index (χ1n) is 5.61. The Bertz CT molecular complexity index is 490. The molecule has 0 aliphatic heterocycles. The molecule has 1 aromatic carbocycles. The second-order valence-electron chi connectivity index (χ2n) is 3.89. The van der Waals surface area contributed by atoms with Gasteiger partial charge in [-0.05, 0) is 17.7 Å². The van der Waals surface area contributed by atoms with Crippen LogP contribution in [0.5, 0.6) is 5.75 Å². The summed E-state index contributed by atoms with van der Waals surface area (Å²) in [6, 6.07) is 7.09. The van der Waals surface area contributed by atoms with E-state index in [1.165, 1.54) is 19.1 Å². The summed E-state index contributed by atoms with van der Waals surface area (Å²) in [7, 11) is 0. The van der Waals surface area contributed by atoms with Crippen LogP contribution in [0.15, 0.2) is 24.3 Å². The van der Waals surface area contributed by atoms with E-state index in [0.717, 1.165) is 5.56 Å². The molecule has 0 fully saturated rings. The summed E-state index contributed by atoms with van der Waals surface area (Å²) in [4.78, 5) is 22.7. The fourth-order valence-electron chi connectivity index (χ4n) is 1.51. The van der Waals surface area contributed by atoms with Gasteiger partial charge in [-0.1, -0.05) is 12.1 Å². The molecule has 0 radical (unpaired) electrons. The van der Waals surface area contributed by atoms with Gasteiger partial charge in [0.15, 0.2) is 6.61 Å². The largest absolute Gasteiger partial charge is 0.508 e. The minimum atomic E-state index is -0.851. The van der Waals surface area contributed by atoms with Crippen LogP contribution in [-0.4, -0.2) is 29.6 Å². The van der Waals surface area contributed by atoms with Gasteiger partial charge in [0.2, 0.25) is 5.91 Å². The lowest BCUT2D eigenvalue weighted by molar-refractivity contribution is -0.146. The van der Waals surface area contributed by atoms with E-state index >= 15 is 0 Å². The number of carbonyl (C=O) groups excluding carboxylic acids is 2. The maximum Gasteiger partial charge on any atom is 0.330 e. The lowest BCUT2D eigenvalue weighted by Crippen LogP contribution is -2.42. The molecule has 1 atom stereocenters. The number of nitrogens with zero attached hydrogens (tertiary/aromatic N) is 1. The molecule has 0 saturated heterocycles. The van der Waals surface area contributed by atoms with Gasteiger partial charge >= 0.3 is 5.97 Å². The summed E-state index contributed by atoms with van der Waals surface area (Å²) < 4.78 is 4.69. The van der Waals surface area contributed by atoms with Crippen LogP contribution in [0, 0.1) is 11.3 Å². The summed E-state index contributed by atoms with van der Waals surface area (Å²) in [5.41, 5.74) is 0.755. The van der Waals surface area contributed by atoms with Gasteiger partial charge in [-0.25, -0.2) is 4.79 Å². The predicted molar refractivity (Wildman–Crippen MR) is 66.0 cm³/mol. The summed E-state index contributed by atoms with van der Waals surface area (Å²) >= 11 is 0. The molecule has 0 heterocycles. The van der Waals surface area contributed by atoms with Crippen molar-refractivity contribution in [1.29, 1.82) is 5.26 Å². The van der Waals surface area contributed by atoms with E-state index in [-0.39, 0.29) is 24.7 Å².